The highest BCUT2D eigenvalue weighted by atomic mass is 16.3. The lowest BCUT2D eigenvalue weighted by Crippen LogP contribution is -2.17. The molecule has 0 amide bonds. The van der Waals surface area contributed by atoms with Gasteiger partial charge in [-0.15, -0.1) is 0 Å². The van der Waals surface area contributed by atoms with Crippen LogP contribution in [-0.2, 0) is 6.42 Å². The third kappa shape index (κ3) is 2.23. The molecule has 0 aliphatic rings. The molecular formula is C12H14N2O2. The van der Waals surface area contributed by atoms with Gasteiger partial charge in [-0.25, -0.2) is 4.98 Å². The lowest BCUT2D eigenvalue weighted by molar-refractivity contribution is 0.473. The Morgan fingerprint density at radius 1 is 1.44 bits per heavy atom. The topological polar surface area (TPSA) is 72.3 Å². The van der Waals surface area contributed by atoms with Crippen molar-refractivity contribution in [2.24, 2.45) is 5.73 Å². The molecule has 0 saturated heterocycles. The minimum Gasteiger partial charge on any atom is -0.507 e. The number of oxazole rings is 1. The zero-order valence-corrected chi connectivity index (χ0v) is 9.05. The van der Waals surface area contributed by atoms with Crippen molar-refractivity contribution >= 4 is 0 Å². The molecule has 0 spiro atoms. The maximum atomic E-state index is 9.63. The second-order valence-corrected chi connectivity index (χ2v) is 3.84. The van der Waals surface area contributed by atoms with E-state index in [1.807, 2.05) is 13.0 Å². The van der Waals surface area contributed by atoms with Gasteiger partial charge in [-0.3, -0.25) is 0 Å². The molecule has 1 aromatic heterocycles. The highest BCUT2D eigenvalue weighted by Crippen LogP contribution is 2.27. The van der Waals surface area contributed by atoms with E-state index in [1.165, 1.54) is 0 Å². The van der Waals surface area contributed by atoms with Crippen LogP contribution in [0.3, 0.4) is 0 Å². The second-order valence-electron chi connectivity index (χ2n) is 3.84. The second kappa shape index (κ2) is 4.37. The zero-order valence-electron chi connectivity index (χ0n) is 9.05. The number of hydrogen-bond acceptors (Lipinski definition) is 4. The molecule has 1 unspecified atom stereocenters. The van der Waals surface area contributed by atoms with Crippen molar-refractivity contribution in [1.82, 2.24) is 4.98 Å². The van der Waals surface area contributed by atoms with Crippen LogP contribution in [0.15, 0.2) is 34.9 Å². The lowest BCUT2D eigenvalue weighted by atomic mass is 10.2. The molecule has 0 aliphatic heterocycles. The minimum absolute atomic E-state index is 0.0438. The van der Waals surface area contributed by atoms with Gasteiger partial charge in [0.2, 0.25) is 5.89 Å². The average Bonchev–Trinajstić information content (AvgIpc) is 2.66. The van der Waals surface area contributed by atoms with Gasteiger partial charge in [-0.2, -0.15) is 0 Å². The van der Waals surface area contributed by atoms with E-state index in [9.17, 15) is 5.11 Å². The normalized spacial score (nSPS) is 12.6. The van der Waals surface area contributed by atoms with Gasteiger partial charge in [-0.05, 0) is 19.1 Å². The first kappa shape index (κ1) is 10.7. The van der Waals surface area contributed by atoms with Crippen LogP contribution in [0.1, 0.15) is 12.6 Å². The molecule has 0 bridgehead atoms. The molecule has 3 N–H and O–H groups in total. The fourth-order valence-electron chi connectivity index (χ4n) is 1.51. The third-order valence-electron chi connectivity index (χ3n) is 2.22. The van der Waals surface area contributed by atoms with Gasteiger partial charge in [0.1, 0.15) is 12.0 Å². The molecule has 2 aromatic rings. The Bertz CT molecular complexity index is 477. The van der Waals surface area contributed by atoms with Crippen molar-refractivity contribution < 1.29 is 9.52 Å². The number of rotatable bonds is 3. The van der Waals surface area contributed by atoms with Gasteiger partial charge < -0.3 is 15.3 Å². The molecule has 4 heteroatoms. The van der Waals surface area contributed by atoms with Gasteiger partial charge in [0.05, 0.1) is 11.3 Å². The van der Waals surface area contributed by atoms with Gasteiger partial charge in [0.25, 0.3) is 0 Å². The van der Waals surface area contributed by atoms with Crippen LogP contribution in [0.5, 0.6) is 5.75 Å². The number of nitrogens with zero attached hydrogens (tertiary/aromatic N) is 1. The van der Waals surface area contributed by atoms with Gasteiger partial charge in [0, 0.05) is 12.5 Å². The summed E-state index contributed by atoms with van der Waals surface area (Å²) in [7, 11) is 0. The molecule has 0 fully saturated rings. The third-order valence-corrected chi connectivity index (χ3v) is 2.22. The zero-order chi connectivity index (χ0) is 11.5. The SMILES string of the molecule is CC(N)Cc1coc(-c2ccccc2O)n1. The summed E-state index contributed by atoms with van der Waals surface area (Å²) in [6.45, 7) is 1.91. The van der Waals surface area contributed by atoms with E-state index in [-0.39, 0.29) is 11.8 Å². The summed E-state index contributed by atoms with van der Waals surface area (Å²) >= 11 is 0. The van der Waals surface area contributed by atoms with Gasteiger partial charge in [0.15, 0.2) is 0 Å². The van der Waals surface area contributed by atoms with Crippen LogP contribution in [0.4, 0.5) is 0 Å². The first-order valence-electron chi connectivity index (χ1n) is 5.15. The number of nitrogens with two attached hydrogens (primary N) is 1. The average molecular weight is 218 g/mol. The minimum atomic E-state index is 0.0438. The monoisotopic (exact) mass is 218 g/mol. The van der Waals surface area contributed by atoms with E-state index < -0.39 is 0 Å². The number of benzene rings is 1. The van der Waals surface area contributed by atoms with Crippen LogP contribution in [0, 0.1) is 0 Å². The maximum Gasteiger partial charge on any atom is 0.229 e. The van der Waals surface area contributed by atoms with Gasteiger partial charge in [-0.1, -0.05) is 12.1 Å². The van der Waals surface area contributed by atoms with E-state index in [1.54, 1.807) is 24.5 Å². The first-order valence-corrected chi connectivity index (χ1v) is 5.15. The highest BCUT2D eigenvalue weighted by molar-refractivity contribution is 5.61. The van der Waals surface area contributed by atoms with Crippen molar-refractivity contribution in [3.8, 4) is 17.2 Å². The number of aromatic nitrogens is 1. The van der Waals surface area contributed by atoms with Crippen molar-refractivity contribution in [3.05, 3.63) is 36.2 Å². The molecule has 16 heavy (non-hydrogen) atoms. The van der Waals surface area contributed by atoms with E-state index in [0.717, 1.165) is 5.69 Å². The maximum absolute atomic E-state index is 9.63. The Morgan fingerprint density at radius 2 is 2.19 bits per heavy atom. The summed E-state index contributed by atoms with van der Waals surface area (Å²) in [4.78, 5) is 4.27. The smallest absolute Gasteiger partial charge is 0.229 e. The first-order chi connectivity index (χ1) is 7.66. The highest BCUT2D eigenvalue weighted by Gasteiger charge is 2.10. The molecule has 0 saturated carbocycles. The predicted molar refractivity (Wildman–Crippen MR) is 61.0 cm³/mol. The number of phenols is 1. The Kier molecular flexibility index (Phi) is 2.92. The molecule has 2 rings (SSSR count). The Morgan fingerprint density at radius 3 is 2.88 bits per heavy atom. The summed E-state index contributed by atoms with van der Waals surface area (Å²) in [5.74, 6) is 0.588. The fourth-order valence-corrected chi connectivity index (χ4v) is 1.51. The molecule has 84 valence electrons. The molecule has 1 heterocycles. The predicted octanol–water partition coefficient (Wildman–Crippen LogP) is 1.94. The van der Waals surface area contributed by atoms with E-state index >= 15 is 0 Å². The standard InChI is InChI=1S/C12H14N2O2/c1-8(13)6-9-7-16-12(14-9)10-4-2-3-5-11(10)15/h2-5,7-8,15H,6,13H2,1H3. The molecule has 1 atom stereocenters. The molecule has 0 aliphatic carbocycles. The molecular weight excluding hydrogens is 204 g/mol. The number of phenolic OH excluding ortho intramolecular Hbond substituents is 1. The summed E-state index contributed by atoms with van der Waals surface area (Å²) in [6.07, 6.45) is 2.24. The van der Waals surface area contributed by atoms with E-state index in [4.69, 9.17) is 10.2 Å². The van der Waals surface area contributed by atoms with Crippen LogP contribution < -0.4 is 5.73 Å². The van der Waals surface area contributed by atoms with E-state index in [2.05, 4.69) is 4.98 Å². The fraction of sp³-hybridized carbons (Fsp3) is 0.250. The van der Waals surface area contributed by atoms with Crippen LogP contribution in [0.2, 0.25) is 0 Å². The summed E-state index contributed by atoms with van der Waals surface area (Å²) < 4.78 is 5.31. The Hall–Kier alpha value is -1.81. The number of aromatic hydroxyl groups is 1. The van der Waals surface area contributed by atoms with Crippen molar-refractivity contribution in [2.75, 3.05) is 0 Å². The lowest BCUT2D eigenvalue weighted by Gasteiger charge is -1.99. The quantitative estimate of drug-likeness (QED) is 0.825. The van der Waals surface area contributed by atoms with Crippen molar-refractivity contribution in [3.63, 3.8) is 0 Å². The largest absolute Gasteiger partial charge is 0.507 e. The van der Waals surface area contributed by atoms with Crippen LogP contribution in [-0.4, -0.2) is 16.1 Å². The number of para-hydroxylation sites is 1. The Balaban J connectivity index is 2.28. The summed E-state index contributed by atoms with van der Waals surface area (Å²) in [6, 6.07) is 6.98. The van der Waals surface area contributed by atoms with Crippen molar-refractivity contribution in [1.29, 1.82) is 0 Å². The summed E-state index contributed by atoms with van der Waals surface area (Å²) in [5.41, 5.74) is 7.07. The molecule has 0 radical (unpaired) electrons. The Labute approximate surface area is 93.7 Å². The van der Waals surface area contributed by atoms with Gasteiger partial charge >= 0.3 is 0 Å². The summed E-state index contributed by atoms with van der Waals surface area (Å²) in [5, 5.41) is 9.63. The van der Waals surface area contributed by atoms with Crippen LogP contribution in [0.25, 0.3) is 11.5 Å². The number of hydrogen-bond donors (Lipinski definition) is 2. The molecule has 4 nitrogen and oxygen atoms in total. The van der Waals surface area contributed by atoms with E-state index in [0.29, 0.717) is 17.9 Å². The van der Waals surface area contributed by atoms with Crippen molar-refractivity contribution in [2.45, 2.75) is 19.4 Å². The molecule has 1 aromatic carbocycles. The van der Waals surface area contributed by atoms with Crippen LogP contribution >= 0.6 is 0 Å².